The Labute approximate surface area is 156 Å². The number of carboxylic acid groups (broad SMARTS) is 2. The molecule has 6 N–H and O–H groups in total. The minimum Gasteiger partial charge on any atom is -0.480 e. The zero-order valence-corrected chi connectivity index (χ0v) is 16.2. The van der Waals surface area contributed by atoms with Gasteiger partial charge in [-0.15, -0.1) is 0 Å². The number of hydrogen-bond donors (Lipinski definition) is 4. The van der Waals surface area contributed by atoms with Gasteiger partial charge in [-0.05, 0) is 6.42 Å². The molecule has 0 aliphatic heterocycles. The van der Waals surface area contributed by atoms with E-state index in [0.717, 1.165) is 6.42 Å². The lowest BCUT2D eigenvalue weighted by atomic mass is 10.1. The maximum atomic E-state index is 10.3. The Kier molecular flexibility index (Phi) is 20.2. The molecule has 0 rings (SSSR count). The first kappa shape index (κ1) is 26.2. The van der Waals surface area contributed by atoms with Crippen molar-refractivity contribution in [1.82, 2.24) is 0 Å². The zero-order chi connectivity index (χ0) is 19.5. The van der Waals surface area contributed by atoms with Crippen LogP contribution in [0.5, 0.6) is 0 Å². The van der Waals surface area contributed by atoms with Gasteiger partial charge >= 0.3 is 11.9 Å². The summed E-state index contributed by atoms with van der Waals surface area (Å²) in [6.07, 6.45) is 9.00. The van der Waals surface area contributed by atoms with Crippen LogP contribution in [0.4, 0.5) is 0 Å². The van der Waals surface area contributed by atoms with Gasteiger partial charge in [0, 0.05) is 11.5 Å². The molecule has 2 atom stereocenters. The molecule has 0 saturated carbocycles. The number of carbonyl (C=O) groups is 2. The molecule has 0 aromatic rings. The number of rotatable bonds is 14. The van der Waals surface area contributed by atoms with E-state index in [1.165, 1.54) is 53.7 Å². The molecule has 8 nitrogen and oxygen atoms in total. The van der Waals surface area contributed by atoms with Crippen molar-refractivity contribution in [2.24, 2.45) is 16.5 Å². The third kappa shape index (κ3) is 20.9. The van der Waals surface area contributed by atoms with Crippen LogP contribution >= 0.6 is 21.6 Å². The Balaban J connectivity index is 0. The second kappa shape index (κ2) is 19.3. The topological polar surface area (TPSA) is 156 Å². The van der Waals surface area contributed by atoms with E-state index in [4.69, 9.17) is 21.7 Å². The van der Waals surface area contributed by atoms with Gasteiger partial charge in [-0.1, -0.05) is 60.6 Å². The van der Waals surface area contributed by atoms with Gasteiger partial charge in [0.05, 0.1) is 6.54 Å². The maximum absolute atomic E-state index is 10.3. The highest BCUT2D eigenvalue weighted by atomic mass is 33.1. The van der Waals surface area contributed by atoms with Crippen molar-refractivity contribution in [2.75, 3.05) is 18.1 Å². The van der Waals surface area contributed by atoms with Gasteiger partial charge in [-0.2, -0.15) is 0 Å². The van der Waals surface area contributed by atoms with Crippen LogP contribution in [0.25, 0.3) is 0 Å². The lowest BCUT2D eigenvalue weighted by Crippen LogP contribution is -2.33. The molecule has 0 heterocycles. The monoisotopic (exact) mass is 395 g/mol. The minimum atomic E-state index is -1.07. The number of nitrogens with two attached hydrogens (primary N) is 2. The third-order valence-electron chi connectivity index (χ3n) is 2.90. The van der Waals surface area contributed by atoms with E-state index in [9.17, 15) is 14.4 Å². The Morgan fingerprint density at radius 1 is 0.960 bits per heavy atom. The molecule has 2 unspecified atom stereocenters. The van der Waals surface area contributed by atoms with Crippen LogP contribution in [0.2, 0.25) is 0 Å². The molecule has 0 aromatic carbocycles. The second-order valence-corrected chi connectivity index (χ2v) is 7.75. The average Bonchev–Trinajstić information content (AvgIpc) is 2.58. The quantitative estimate of drug-likeness (QED) is 0.149. The molecule has 0 aliphatic carbocycles. The van der Waals surface area contributed by atoms with E-state index in [-0.39, 0.29) is 11.5 Å². The summed E-state index contributed by atoms with van der Waals surface area (Å²) in [6.45, 7) is 2.87. The molecule has 0 amide bonds. The Morgan fingerprint density at radius 2 is 1.40 bits per heavy atom. The van der Waals surface area contributed by atoms with Crippen LogP contribution in [0.15, 0.2) is 4.99 Å². The summed E-state index contributed by atoms with van der Waals surface area (Å²) in [5.74, 6) is -1.68. The van der Waals surface area contributed by atoms with E-state index in [1.54, 1.807) is 6.08 Å². The summed E-state index contributed by atoms with van der Waals surface area (Å²) >= 11 is 0. The van der Waals surface area contributed by atoms with Gasteiger partial charge in [-0.25, -0.2) is 9.79 Å². The lowest BCUT2D eigenvalue weighted by Gasteiger charge is -2.07. The fraction of sp³-hybridized carbons (Fsp3) is 0.800. The van der Waals surface area contributed by atoms with Gasteiger partial charge in [-0.3, -0.25) is 9.59 Å². The largest absolute Gasteiger partial charge is 0.480 e. The second-order valence-electron chi connectivity index (χ2n) is 5.20. The first-order valence-corrected chi connectivity index (χ1v) is 10.6. The molecule has 146 valence electrons. The SMILES string of the molecule is CCCCCCCCN=C=O.NC(CSSCC(N)C(=O)O)C(=O)O. The van der Waals surface area contributed by atoms with Crippen LogP contribution in [0.3, 0.4) is 0 Å². The highest BCUT2D eigenvalue weighted by Gasteiger charge is 2.14. The van der Waals surface area contributed by atoms with Crippen LogP contribution in [0.1, 0.15) is 45.4 Å². The van der Waals surface area contributed by atoms with Gasteiger partial charge in [0.1, 0.15) is 12.1 Å². The van der Waals surface area contributed by atoms with Crippen LogP contribution < -0.4 is 11.5 Å². The standard InChI is InChI=1S/C9H17NO.C6H12N2O4S2/c1-2-3-4-5-6-7-8-10-9-11;7-3(5(9)10)1-13-14-2-4(8)6(11)12/h2-8H2,1H3;3-4H,1-2,7-8H2,(H,9,10)(H,11,12). The number of carbonyl (C=O) groups excluding carboxylic acids is 1. The highest BCUT2D eigenvalue weighted by molar-refractivity contribution is 8.76. The predicted octanol–water partition coefficient (Wildman–Crippen LogP) is 1.87. The minimum absolute atomic E-state index is 0.229. The smallest absolute Gasteiger partial charge is 0.321 e. The number of aliphatic imine (C=N–C) groups is 1. The summed E-state index contributed by atoms with van der Waals surface area (Å²) in [6, 6.07) is -1.85. The van der Waals surface area contributed by atoms with Crippen LogP contribution in [-0.2, 0) is 14.4 Å². The Bertz CT molecular complexity index is 385. The zero-order valence-electron chi connectivity index (χ0n) is 14.6. The number of unbranched alkanes of at least 4 members (excludes halogenated alkanes) is 5. The highest BCUT2D eigenvalue weighted by Crippen LogP contribution is 2.22. The van der Waals surface area contributed by atoms with E-state index < -0.39 is 24.0 Å². The summed E-state index contributed by atoms with van der Waals surface area (Å²) < 4.78 is 0. The van der Waals surface area contributed by atoms with Gasteiger partial charge in [0.15, 0.2) is 0 Å². The van der Waals surface area contributed by atoms with Crippen molar-refractivity contribution in [3.63, 3.8) is 0 Å². The molecule has 0 aliphatic rings. The number of hydrogen-bond acceptors (Lipinski definition) is 8. The Morgan fingerprint density at radius 3 is 1.80 bits per heavy atom. The van der Waals surface area contributed by atoms with Gasteiger partial charge in [0.2, 0.25) is 6.08 Å². The maximum Gasteiger partial charge on any atom is 0.321 e. The van der Waals surface area contributed by atoms with Gasteiger partial charge < -0.3 is 21.7 Å². The number of carboxylic acids is 2. The first-order valence-electron chi connectivity index (χ1n) is 8.11. The number of nitrogens with zero attached hydrogens (tertiary/aromatic N) is 1. The molecule has 0 fully saturated rings. The van der Waals surface area contributed by atoms with Crippen molar-refractivity contribution >= 4 is 39.6 Å². The first-order chi connectivity index (χ1) is 11.9. The molecule has 0 saturated heterocycles. The molecule has 0 bridgehead atoms. The molecule has 10 heteroatoms. The van der Waals surface area contributed by atoms with Crippen molar-refractivity contribution < 1.29 is 24.6 Å². The number of isocyanates is 1. The summed E-state index contributed by atoms with van der Waals surface area (Å²) in [4.78, 5) is 33.7. The normalized spacial score (nSPS) is 12.3. The van der Waals surface area contributed by atoms with E-state index in [2.05, 4.69) is 11.9 Å². The predicted molar refractivity (Wildman–Crippen MR) is 103 cm³/mol. The Hall–Kier alpha value is -1.06. The summed E-state index contributed by atoms with van der Waals surface area (Å²) in [5.41, 5.74) is 10.4. The lowest BCUT2D eigenvalue weighted by molar-refractivity contribution is -0.138. The molecule has 0 aromatic heterocycles. The third-order valence-corrected chi connectivity index (χ3v) is 5.37. The van der Waals surface area contributed by atoms with E-state index >= 15 is 0 Å². The van der Waals surface area contributed by atoms with Crippen molar-refractivity contribution in [1.29, 1.82) is 0 Å². The van der Waals surface area contributed by atoms with Crippen molar-refractivity contribution in [2.45, 2.75) is 57.5 Å². The molecular formula is C15H29N3O5S2. The molecule has 0 spiro atoms. The van der Waals surface area contributed by atoms with Crippen LogP contribution in [0, 0.1) is 0 Å². The molecule has 25 heavy (non-hydrogen) atoms. The van der Waals surface area contributed by atoms with Gasteiger partial charge in [0.25, 0.3) is 0 Å². The molecular weight excluding hydrogens is 366 g/mol. The van der Waals surface area contributed by atoms with E-state index in [0.29, 0.717) is 6.54 Å². The summed E-state index contributed by atoms with van der Waals surface area (Å²) in [5, 5.41) is 16.8. The van der Waals surface area contributed by atoms with Crippen molar-refractivity contribution in [3.05, 3.63) is 0 Å². The average molecular weight is 396 g/mol. The van der Waals surface area contributed by atoms with Crippen LogP contribution in [-0.4, -0.2) is 58.4 Å². The molecule has 0 radical (unpaired) electrons. The fourth-order valence-electron chi connectivity index (χ4n) is 1.40. The fourth-order valence-corrected chi connectivity index (χ4v) is 3.63. The van der Waals surface area contributed by atoms with Crippen molar-refractivity contribution in [3.8, 4) is 0 Å². The summed E-state index contributed by atoms with van der Waals surface area (Å²) in [7, 11) is 2.41. The number of aliphatic carboxylic acids is 2. The van der Waals surface area contributed by atoms with E-state index in [1.807, 2.05) is 0 Å².